The molecule has 1 N–H and O–H groups in total. The van der Waals surface area contributed by atoms with Crippen LogP contribution < -0.4 is 5.32 Å². The zero-order valence-electron chi connectivity index (χ0n) is 9.49. The number of hydrogen-bond donors (Lipinski definition) is 1. The highest BCUT2D eigenvalue weighted by Crippen LogP contribution is 2.00. The molecule has 1 fully saturated rings. The molecule has 1 atom stereocenters. The quantitative estimate of drug-likeness (QED) is 0.740. The minimum atomic E-state index is -0.706. The topological polar surface area (TPSA) is 49.4 Å². The predicted molar refractivity (Wildman–Crippen MR) is 62.2 cm³/mol. The zero-order valence-corrected chi connectivity index (χ0v) is 10.3. The van der Waals surface area contributed by atoms with Gasteiger partial charge in [0.15, 0.2) is 0 Å². The Morgan fingerprint density at radius 3 is 2.60 bits per heavy atom. The van der Waals surface area contributed by atoms with Crippen molar-refractivity contribution in [1.29, 1.82) is 0 Å². The molecule has 15 heavy (non-hydrogen) atoms. The molecule has 0 radical (unpaired) electrons. The fourth-order valence-electron chi connectivity index (χ4n) is 1.40. The summed E-state index contributed by atoms with van der Waals surface area (Å²) in [5.41, 5.74) is 0. The van der Waals surface area contributed by atoms with E-state index in [0.29, 0.717) is 37.2 Å². The number of nitrogens with zero attached hydrogens (tertiary/aromatic N) is 1. The van der Waals surface area contributed by atoms with Gasteiger partial charge < -0.3 is 10.2 Å². The van der Waals surface area contributed by atoms with Crippen molar-refractivity contribution < 1.29 is 9.00 Å². The second-order valence-electron chi connectivity index (χ2n) is 3.92. The number of amides is 1. The first-order chi connectivity index (χ1) is 7.13. The van der Waals surface area contributed by atoms with Gasteiger partial charge in [-0.05, 0) is 13.3 Å². The normalized spacial score (nSPS) is 20.3. The maximum absolute atomic E-state index is 11.7. The molecule has 0 bridgehead atoms. The molecule has 0 aromatic heterocycles. The van der Waals surface area contributed by atoms with E-state index >= 15 is 0 Å². The highest BCUT2D eigenvalue weighted by Gasteiger charge is 2.19. The molecule has 1 aliphatic rings. The molecular weight excluding hydrogens is 212 g/mol. The van der Waals surface area contributed by atoms with Crippen molar-refractivity contribution in [2.45, 2.75) is 26.3 Å². The Hall–Kier alpha value is -0.420. The Labute approximate surface area is 93.9 Å². The van der Waals surface area contributed by atoms with E-state index in [4.69, 9.17) is 0 Å². The Morgan fingerprint density at radius 2 is 2.07 bits per heavy atom. The van der Waals surface area contributed by atoms with Gasteiger partial charge in [-0.1, -0.05) is 6.92 Å². The van der Waals surface area contributed by atoms with Crippen LogP contribution in [0, 0.1) is 0 Å². The summed E-state index contributed by atoms with van der Waals surface area (Å²) in [7, 11) is -0.706. The first kappa shape index (κ1) is 12.6. The average Bonchev–Trinajstić information content (AvgIpc) is 2.26. The average molecular weight is 232 g/mol. The Bertz CT molecular complexity index is 236. The lowest BCUT2D eigenvalue weighted by Gasteiger charge is -2.27. The molecule has 1 heterocycles. The van der Waals surface area contributed by atoms with Crippen LogP contribution in [0.15, 0.2) is 0 Å². The Morgan fingerprint density at radius 1 is 1.47 bits per heavy atom. The summed E-state index contributed by atoms with van der Waals surface area (Å²) in [6, 6.07) is 0.382. The molecule has 0 spiro atoms. The lowest BCUT2D eigenvalue weighted by molar-refractivity contribution is -0.130. The lowest BCUT2D eigenvalue weighted by Crippen LogP contribution is -2.46. The molecule has 0 aliphatic carbocycles. The van der Waals surface area contributed by atoms with Gasteiger partial charge >= 0.3 is 0 Å². The molecule has 1 saturated heterocycles. The molecule has 0 aromatic rings. The van der Waals surface area contributed by atoms with Gasteiger partial charge in [-0.2, -0.15) is 0 Å². The summed E-state index contributed by atoms with van der Waals surface area (Å²) in [5.74, 6) is 1.40. The number of hydrogen-bond acceptors (Lipinski definition) is 3. The van der Waals surface area contributed by atoms with Crippen molar-refractivity contribution in [1.82, 2.24) is 10.2 Å². The van der Waals surface area contributed by atoms with Crippen LogP contribution in [0.2, 0.25) is 0 Å². The van der Waals surface area contributed by atoms with E-state index < -0.39 is 10.8 Å². The van der Waals surface area contributed by atoms with Gasteiger partial charge in [0.2, 0.25) is 5.91 Å². The van der Waals surface area contributed by atoms with Crippen molar-refractivity contribution in [2.75, 3.05) is 31.1 Å². The maximum atomic E-state index is 11.7. The van der Waals surface area contributed by atoms with E-state index in [9.17, 15) is 9.00 Å². The predicted octanol–water partition coefficient (Wildman–Crippen LogP) is -0.0346. The van der Waals surface area contributed by atoms with Crippen molar-refractivity contribution in [3.63, 3.8) is 0 Å². The Kier molecular flexibility index (Phi) is 5.25. The van der Waals surface area contributed by atoms with Gasteiger partial charge in [-0.3, -0.25) is 9.00 Å². The fourth-order valence-corrected chi connectivity index (χ4v) is 2.46. The summed E-state index contributed by atoms with van der Waals surface area (Å²) >= 11 is 0. The van der Waals surface area contributed by atoms with Gasteiger partial charge in [0.1, 0.15) is 0 Å². The van der Waals surface area contributed by atoms with Gasteiger partial charge in [-0.25, -0.2) is 0 Å². The first-order valence-electron chi connectivity index (χ1n) is 5.49. The molecular formula is C10H20N2O2S. The third kappa shape index (κ3) is 4.30. The molecule has 1 unspecified atom stereocenters. The number of rotatable bonds is 4. The minimum absolute atomic E-state index is 0.131. The minimum Gasteiger partial charge on any atom is -0.340 e. The molecule has 88 valence electrons. The summed E-state index contributed by atoms with van der Waals surface area (Å²) < 4.78 is 11.1. The number of carbonyl (C=O) groups is 1. The third-order valence-corrected chi connectivity index (χ3v) is 4.02. The van der Waals surface area contributed by atoms with Crippen LogP contribution in [0.3, 0.4) is 0 Å². The summed E-state index contributed by atoms with van der Waals surface area (Å²) in [6.45, 7) is 5.85. The van der Waals surface area contributed by atoms with Crippen molar-refractivity contribution in [3.8, 4) is 0 Å². The molecule has 1 amide bonds. The van der Waals surface area contributed by atoms with Gasteiger partial charge in [0, 0.05) is 41.4 Å². The third-order valence-electron chi connectivity index (χ3n) is 2.74. The van der Waals surface area contributed by atoms with E-state index in [1.807, 2.05) is 0 Å². The van der Waals surface area contributed by atoms with Gasteiger partial charge in [0.05, 0.1) is 6.54 Å². The number of carbonyl (C=O) groups excluding carboxylic acids is 1. The van der Waals surface area contributed by atoms with Crippen LogP contribution in [0.4, 0.5) is 0 Å². The first-order valence-corrected chi connectivity index (χ1v) is 6.98. The fraction of sp³-hybridized carbons (Fsp3) is 0.900. The molecule has 1 rings (SSSR count). The summed E-state index contributed by atoms with van der Waals surface area (Å²) in [4.78, 5) is 13.5. The van der Waals surface area contributed by atoms with Crippen LogP contribution in [0.1, 0.15) is 20.3 Å². The lowest BCUT2D eigenvalue weighted by atomic mass is 10.2. The van der Waals surface area contributed by atoms with Crippen molar-refractivity contribution in [2.24, 2.45) is 0 Å². The van der Waals surface area contributed by atoms with E-state index in [-0.39, 0.29) is 5.91 Å². The molecule has 0 saturated carbocycles. The second-order valence-corrected chi connectivity index (χ2v) is 5.62. The van der Waals surface area contributed by atoms with E-state index in [1.54, 1.807) is 4.90 Å². The smallest absolute Gasteiger partial charge is 0.236 e. The van der Waals surface area contributed by atoms with Crippen LogP contribution in [0.25, 0.3) is 0 Å². The van der Waals surface area contributed by atoms with E-state index in [0.717, 1.165) is 6.42 Å². The van der Waals surface area contributed by atoms with Crippen molar-refractivity contribution in [3.05, 3.63) is 0 Å². The summed E-state index contributed by atoms with van der Waals surface area (Å²) in [6.07, 6.45) is 1.03. The zero-order chi connectivity index (χ0) is 11.3. The SMILES string of the molecule is CCC(C)NCC(=O)N1CCS(=O)CC1. The van der Waals surface area contributed by atoms with Crippen LogP contribution in [-0.4, -0.2) is 52.2 Å². The van der Waals surface area contributed by atoms with Crippen LogP contribution in [0.5, 0.6) is 0 Å². The van der Waals surface area contributed by atoms with E-state index in [2.05, 4.69) is 19.2 Å². The number of nitrogens with one attached hydrogen (secondary N) is 1. The monoisotopic (exact) mass is 232 g/mol. The second kappa shape index (κ2) is 6.23. The molecule has 4 nitrogen and oxygen atoms in total. The summed E-state index contributed by atoms with van der Waals surface area (Å²) in [5, 5.41) is 3.17. The molecule has 5 heteroatoms. The molecule has 1 aliphatic heterocycles. The largest absolute Gasteiger partial charge is 0.340 e. The van der Waals surface area contributed by atoms with Gasteiger partial charge in [0.25, 0.3) is 0 Å². The highest BCUT2D eigenvalue weighted by molar-refractivity contribution is 7.85. The Balaban J connectivity index is 2.25. The van der Waals surface area contributed by atoms with Gasteiger partial charge in [-0.15, -0.1) is 0 Å². The van der Waals surface area contributed by atoms with Crippen LogP contribution >= 0.6 is 0 Å². The van der Waals surface area contributed by atoms with E-state index in [1.165, 1.54) is 0 Å². The molecule has 0 aromatic carbocycles. The highest BCUT2D eigenvalue weighted by atomic mass is 32.2. The van der Waals surface area contributed by atoms with Crippen LogP contribution in [-0.2, 0) is 15.6 Å². The standard InChI is InChI=1S/C10H20N2O2S/c1-3-9(2)11-8-10(13)12-4-6-15(14)7-5-12/h9,11H,3-8H2,1-2H3. The van der Waals surface area contributed by atoms with Crippen molar-refractivity contribution >= 4 is 16.7 Å². The maximum Gasteiger partial charge on any atom is 0.236 e.